The third kappa shape index (κ3) is 3.91. The van der Waals surface area contributed by atoms with Gasteiger partial charge in [0.2, 0.25) is 5.91 Å². The van der Waals surface area contributed by atoms with Gasteiger partial charge >= 0.3 is 0 Å². The Kier molecular flexibility index (Phi) is 5.26. The lowest BCUT2D eigenvalue weighted by atomic mass is 9.96. The van der Waals surface area contributed by atoms with Gasteiger partial charge in [-0.05, 0) is 35.2 Å². The van der Waals surface area contributed by atoms with Gasteiger partial charge in [-0.1, -0.05) is 43.3 Å². The van der Waals surface area contributed by atoms with Crippen LogP contribution in [0, 0.1) is 0 Å². The molecular weight excluding hydrogens is 284 g/mol. The predicted octanol–water partition coefficient (Wildman–Crippen LogP) is 4.75. The summed E-state index contributed by atoms with van der Waals surface area (Å²) in [6.45, 7) is 3.27. The second-order valence-corrected chi connectivity index (χ2v) is 5.31. The van der Waals surface area contributed by atoms with Crippen molar-refractivity contribution in [1.82, 2.24) is 5.32 Å². The first-order chi connectivity index (χ1) is 10.5. The van der Waals surface area contributed by atoms with Crippen LogP contribution >= 0.6 is 0 Å². The summed E-state index contributed by atoms with van der Waals surface area (Å²) in [5.74, 6) is -0.205. The smallest absolute Gasteiger partial charge is 0.274 e. The molecule has 2 rings (SSSR count). The number of halogens is 2. The molecule has 0 aromatic heterocycles. The minimum Gasteiger partial charge on any atom is -0.353 e. The summed E-state index contributed by atoms with van der Waals surface area (Å²) in [5, 5.41) is 4.65. The zero-order valence-electron chi connectivity index (χ0n) is 12.7. The third-order valence-electron chi connectivity index (χ3n) is 3.68. The van der Waals surface area contributed by atoms with E-state index in [0.29, 0.717) is 12.0 Å². The van der Waals surface area contributed by atoms with Crippen LogP contribution in [0.4, 0.5) is 8.78 Å². The summed E-state index contributed by atoms with van der Waals surface area (Å²) < 4.78 is 26.8. The first kappa shape index (κ1) is 16.1. The number of carbonyl (C=O) groups is 1. The van der Waals surface area contributed by atoms with E-state index in [-0.39, 0.29) is 23.9 Å². The van der Waals surface area contributed by atoms with Crippen molar-refractivity contribution in [3.8, 4) is 0 Å². The first-order valence-electron chi connectivity index (χ1n) is 7.31. The van der Waals surface area contributed by atoms with Gasteiger partial charge in [0.05, 0.1) is 0 Å². The van der Waals surface area contributed by atoms with Crippen molar-refractivity contribution < 1.29 is 13.6 Å². The average molecular weight is 303 g/mol. The molecular formula is C18H19F2NO. The van der Waals surface area contributed by atoms with Crippen molar-refractivity contribution in [2.45, 2.75) is 32.7 Å². The zero-order valence-corrected chi connectivity index (χ0v) is 12.7. The van der Waals surface area contributed by atoms with E-state index < -0.39 is 6.08 Å². The number of carbonyl (C=O) groups excluding carboxylic acids is 1. The van der Waals surface area contributed by atoms with Crippen LogP contribution < -0.4 is 5.32 Å². The highest BCUT2D eigenvalue weighted by Crippen LogP contribution is 2.29. The Bertz CT molecular complexity index is 705. The highest BCUT2D eigenvalue weighted by atomic mass is 19.3. The summed E-state index contributed by atoms with van der Waals surface area (Å²) in [4.78, 5) is 11.2. The quantitative estimate of drug-likeness (QED) is 0.848. The molecule has 2 aromatic carbocycles. The highest BCUT2D eigenvalue weighted by molar-refractivity contribution is 5.86. The van der Waals surface area contributed by atoms with Crippen LogP contribution in [-0.2, 0) is 4.79 Å². The minimum atomic E-state index is -1.70. The van der Waals surface area contributed by atoms with Gasteiger partial charge in [0.25, 0.3) is 6.08 Å². The molecule has 1 amide bonds. The van der Waals surface area contributed by atoms with Crippen molar-refractivity contribution in [2.24, 2.45) is 0 Å². The lowest BCUT2D eigenvalue weighted by Gasteiger charge is -2.18. The Hall–Kier alpha value is -2.23. The fourth-order valence-electron chi connectivity index (χ4n) is 2.51. The van der Waals surface area contributed by atoms with E-state index in [4.69, 9.17) is 0 Å². The van der Waals surface area contributed by atoms with Gasteiger partial charge in [-0.2, -0.15) is 8.78 Å². The van der Waals surface area contributed by atoms with E-state index in [1.54, 1.807) is 12.1 Å². The maximum absolute atomic E-state index is 13.4. The number of benzene rings is 2. The fraction of sp³-hybridized carbons (Fsp3) is 0.278. The Morgan fingerprint density at radius 1 is 1.14 bits per heavy atom. The van der Waals surface area contributed by atoms with E-state index in [1.165, 1.54) is 6.92 Å². The van der Waals surface area contributed by atoms with Crippen LogP contribution in [0.5, 0.6) is 0 Å². The van der Waals surface area contributed by atoms with Crippen LogP contribution in [0.15, 0.2) is 48.5 Å². The molecule has 0 spiro atoms. The molecule has 2 aromatic rings. The summed E-state index contributed by atoms with van der Waals surface area (Å²) >= 11 is 0. The van der Waals surface area contributed by atoms with Gasteiger partial charge in [0.15, 0.2) is 0 Å². The second-order valence-electron chi connectivity index (χ2n) is 5.31. The first-order valence-corrected chi connectivity index (χ1v) is 7.31. The largest absolute Gasteiger partial charge is 0.353 e. The van der Waals surface area contributed by atoms with Crippen LogP contribution in [0.25, 0.3) is 16.3 Å². The van der Waals surface area contributed by atoms with Crippen LogP contribution in [0.3, 0.4) is 0 Å². The van der Waals surface area contributed by atoms with Crippen molar-refractivity contribution in [2.75, 3.05) is 0 Å². The number of hydrogen-bond donors (Lipinski definition) is 1. The van der Waals surface area contributed by atoms with E-state index in [0.717, 1.165) is 10.8 Å². The second kappa shape index (κ2) is 7.16. The zero-order chi connectivity index (χ0) is 16.1. The Morgan fingerprint density at radius 3 is 2.41 bits per heavy atom. The standard InChI is InChI=1S/C18H19F2NO/c1-3-16(21-12(2)22)11-17(18(19)20)15-9-8-13-6-4-5-7-14(13)10-15/h4-10,16H,3,11H2,1-2H3,(H,21,22). The summed E-state index contributed by atoms with van der Waals surface area (Å²) in [7, 11) is 0. The molecule has 1 N–H and O–H groups in total. The molecule has 0 saturated heterocycles. The molecule has 4 heteroatoms. The predicted molar refractivity (Wildman–Crippen MR) is 85.6 cm³/mol. The maximum Gasteiger partial charge on any atom is 0.274 e. The molecule has 0 heterocycles. The van der Waals surface area contributed by atoms with Gasteiger partial charge in [-0.25, -0.2) is 0 Å². The van der Waals surface area contributed by atoms with Crippen LogP contribution in [-0.4, -0.2) is 11.9 Å². The molecule has 0 fully saturated rings. The Labute approximate surface area is 128 Å². The topological polar surface area (TPSA) is 29.1 Å². The molecule has 1 atom stereocenters. The van der Waals surface area contributed by atoms with Gasteiger partial charge in [-0.15, -0.1) is 0 Å². The Balaban J connectivity index is 2.34. The van der Waals surface area contributed by atoms with Gasteiger partial charge in [-0.3, -0.25) is 4.79 Å². The van der Waals surface area contributed by atoms with Crippen molar-refractivity contribution in [3.63, 3.8) is 0 Å². The number of hydrogen-bond acceptors (Lipinski definition) is 1. The monoisotopic (exact) mass is 303 g/mol. The third-order valence-corrected chi connectivity index (χ3v) is 3.68. The number of nitrogens with one attached hydrogen (secondary N) is 1. The molecule has 22 heavy (non-hydrogen) atoms. The SMILES string of the molecule is CCC(CC(=C(F)F)c1ccc2ccccc2c1)NC(C)=O. The maximum atomic E-state index is 13.4. The van der Waals surface area contributed by atoms with E-state index >= 15 is 0 Å². The van der Waals surface area contributed by atoms with E-state index in [2.05, 4.69) is 5.32 Å². The molecule has 1 unspecified atom stereocenters. The van der Waals surface area contributed by atoms with Crippen LogP contribution in [0.2, 0.25) is 0 Å². The molecule has 0 aliphatic carbocycles. The highest BCUT2D eigenvalue weighted by Gasteiger charge is 2.16. The minimum absolute atomic E-state index is 0.00801. The molecule has 0 aliphatic heterocycles. The van der Waals surface area contributed by atoms with Gasteiger partial charge < -0.3 is 5.32 Å². The Morgan fingerprint density at radius 2 is 1.82 bits per heavy atom. The molecule has 0 saturated carbocycles. The van der Waals surface area contributed by atoms with Crippen molar-refractivity contribution >= 4 is 22.3 Å². The van der Waals surface area contributed by atoms with Crippen molar-refractivity contribution in [1.29, 1.82) is 0 Å². The normalized spacial score (nSPS) is 12.0. The van der Waals surface area contributed by atoms with Crippen LogP contribution in [0.1, 0.15) is 32.3 Å². The molecule has 0 bridgehead atoms. The molecule has 2 nitrogen and oxygen atoms in total. The average Bonchev–Trinajstić information content (AvgIpc) is 2.50. The summed E-state index contributed by atoms with van der Waals surface area (Å²) in [5.41, 5.74) is 0.494. The van der Waals surface area contributed by atoms with E-state index in [9.17, 15) is 13.6 Å². The number of fused-ring (bicyclic) bond motifs is 1. The lowest BCUT2D eigenvalue weighted by molar-refractivity contribution is -0.119. The fourth-order valence-corrected chi connectivity index (χ4v) is 2.51. The number of rotatable bonds is 5. The molecule has 0 aliphatic rings. The van der Waals surface area contributed by atoms with Crippen molar-refractivity contribution in [3.05, 3.63) is 54.1 Å². The molecule has 116 valence electrons. The summed E-state index contributed by atoms with van der Waals surface area (Å²) in [6, 6.07) is 12.7. The summed E-state index contributed by atoms with van der Waals surface area (Å²) in [6.07, 6.45) is -0.972. The lowest BCUT2D eigenvalue weighted by Crippen LogP contribution is -2.32. The van der Waals surface area contributed by atoms with Gasteiger partial charge in [0, 0.05) is 18.5 Å². The number of amides is 1. The van der Waals surface area contributed by atoms with E-state index in [1.807, 2.05) is 37.3 Å². The molecule has 0 radical (unpaired) electrons. The van der Waals surface area contributed by atoms with Gasteiger partial charge in [0.1, 0.15) is 0 Å².